The first-order chi connectivity index (χ1) is 8.12. The molecular weight excluding hydrogens is 240 g/mol. The lowest BCUT2D eigenvalue weighted by molar-refractivity contribution is 0.301. The van der Waals surface area contributed by atoms with E-state index in [1.165, 1.54) is 19.3 Å². The van der Waals surface area contributed by atoms with Crippen molar-refractivity contribution in [3.8, 4) is 0 Å². The van der Waals surface area contributed by atoms with Gasteiger partial charge in [0.15, 0.2) is 15.7 Å². The van der Waals surface area contributed by atoms with E-state index in [0.29, 0.717) is 18.2 Å². The molecule has 17 heavy (non-hydrogen) atoms. The Balaban J connectivity index is 1.67. The maximum atomic E-state index is 11.4. The van der Waals surface area contributed by atoms with Crippen LogP contribution in [0.1, 0.15) is 43.3 Å². The molecule has 0 radical (unpaired) electrons. The van der Waals surface area contributed by atoms with Crippen molar-refractivity contribution < 1.29 is 12.9 Å². The van der Waals surface area contributed by atoms with Crippen LogP contribution in [0.3, 0.4) is 0 Å². The van der Waals surface area contributed by atoms with E-state index in [-0.39, 0.29) is 17.4 Å². The van der Waals surface area contributed by atoms with Crippen molar-refractivity contribution in [3.05, 3.63) is 11.7 Å². The van der Waals surface area contributed by atoms with Gasteiger partial charge in [0.2, 0.25) is 5.89 Å². The standard InChI is InChI=1S/C11H16N2O3S/c14-17(15)5-4-9(7-17)11-12-10(13-16-11)6-8-2-1-3-8/h8-9H,1-7H2. The van der Waals surface area contributed by atoms with E-state index >= 15 is 0 Å². The van der Waals surface area contributed by atoms with Gasteiger partial charge in [-0.25, -0.2) is 8.42 Å². The Kier molecular flexibility index (Phi) is 2.69. The molecule has 1 saturated heterocycles. The van der Waals surface area contributed by atoms with Crippen LogP contribution in [0.4, 0.5) is 0 Å². The van der Waals surface area contributed by atoms with Crippen molar-refractivity contribution in [1.82, 2.24) is 10.1 Å². The predicted octanol–water partition coefficient (Wildman–Crippen LogP) is 1.31. The molecule has 1 aromatic rings. The van der Waals surface area contributed by atoms with Gasteiger partial charge in [-0.15, -0.1) is 0 Å². The van der Waals surface area contributed by atoms with E-state index < -0.39 is 9.84 Å². The smallest absolute Gasteiger partial charge is 0.230 e. The first-order valence-electron chi connectivity index (χ1n) is 6.15. The van der Waals surface area contributed by atoms with Crippen molar-refractivity contribution in [1.29, 1.82) is 0 Å². The summed E-state index contributed by atoms with van der Waals surface area (Å²) in [5.41, 5.74) is 0. The lowest BCUT2D eigenvalue weighted by Gasteiger charge is -2.23. The summed E-state index contributed by atoms with van der Waals surface area (Å²) in [7, 11) is -2.88. The molecule has 1 saturated carbocycles. The van der Waals surface area contributed by atoms with Crippen LogP contribution in [0, 0.1) is 5.92 Å². The van der Waals surface area contributed by atoms with Gasteiger partial charge in [-0.1, -0.05) is 24.4 Å². The van der Waals surface area contributed by atoms with Gasteiger partial charge in [0.1, 0.15) is 0 Å². The van der Waals surface area contributed by atoms with Gasteiger partial charge in [0, 0.05) is 6.42 Å². The molecule has 0 spiro atoms. The predicted molar refractivity (Wildman–Crippen MR) is 61.4 cm³/mol. The van der Waals surface area contributed by atoms with Gasteiger partial charge in [-0.3, -0.25) is 0 Å². The Morgan fingerprint density at radius 2 is 2.12 bits per heavy atom. The zero-order valence-corrected chi connectivity index (χ0v) is 10.4. The Morgan fingerprint density at radius 1 is 1.29 bits per heavy atom. The molecule has 0 bridgehead atoms. The molecule has 2 heterocycles. The third kappa shape index (κ3) is 2.36. The summed E-state index contributed by atoms with van der Waals surface area (Å²) in [6.07, 6.45) is 5.30. The molecule has 2 aliphatic rings. The van der Waals surface area contributed by atoms with Crippen LogP contribution in [0.15, 0.2) is 4.52 Å². The molecule has 3 rings (SSSR count). The molecule has 0 amide bonds. The highest BCUT2D eigenvalue weighted by atomic mass is 32.2. The Bertz CT molecular complexity index is 505. The highest BCUT2D eigenvalue weighted by molar-refractivity contribution is 7.91. The molecule has 2 fully saturated rings. The fourth-order valence-electron chi connectivity index (χ4n) is 2.46. The van der Waals surface area contributed by atoms with Gasteiger partial charge in [0.05, 0.1) is 17.4 Å². The maximum Gasteiger partial charge on any atom is 0.230 e. The van der Waals surface area contributed by atoms with Gasteiger partial charge < -0.3 is 4.52 Å². The highest BCUT2D eigenvalue weighted by Crippen LogP contribution is 2.31. The van der Waals surface area contributed by atoms with Crippen molar-refractivity contribution in [2.45, 2.75) is 38.0 Å². The second-order valence-electron chi connectivity index (χ2n) is 5.15. The molecule has 6 heteroatoms. The highest BCUT2D eigenvalue weighted by Gasteiger charge is 2.33. The van der Waals surface area contributed by atoms with Gasteiger partial charge in [-0.2, -0.15) is 4.98 Å². The number of nitrogens with zero attached hydrogens (tertiary/aromatic N) is 2. The molecule has 5 nitrogen and oxygen atoms in total. The summed E-state index contributed by atoms with van der Waals surface area (Å²) in [5.74, 6) is 2.29. The van der Waals surface area contributed by atoms with Crippen molar-refractivity contribution in [2.24, 2.45) is 5.92 Å². The summed E-state index contributed by atoms with van der Waals surface area (Å²) in [5, 5.41) is 3.95. The normalized spacial score (nSPS) is 28.1. The topological polar surface area (TPSA) is 73.1 Å². The molecule has 1 aromatic heterocycles. The molecule has 0 aromatic carbocycles. The maximum absolute atomic E-state index is 11.4. The molecule has 1 aliphatic heterocycles. The van der Waals surface area contributed by atoms with E-state index in [0.717, 1.165) is 12.2 Å². The van der Waals surface area contributed by atoms with Crippen LogP contribution in [0.2, 0.25) is 0 Å². The number of sulfone groups is 1. The van der Waals surface area contributed by atoms with Gasteiger partial charge >= 0.3 is 0 Å². The van der Waals surface area contributed by atoms with Crippen LogP contribution >= 0.6 is 0 Å². The lowest BCUT2D eigenvalue weighted by Crippen LogP contribution is -2.14. The summed E-state index contributed by atoms with van der Waals surface area (Å²) in [6.45, 7) is 0. The van der Waals surface area contributed by atoms with Crippen molar-refractivity contribution >= 4 is 9.84 Å². The van der Waals surface area contributed by atoms with Crippen LogP contribution in [0.25, 0.3) is 0 Å². The van der Waals surface area contributed by atoms with Crippen LogP contribution < -0.4 is 0 Å². The average Bonchev–Trinajstić information content (AvgIpc) is 2.78. The zero-order valence-electron chi connectivity index (χ0n) is 9.63. The third-order valence-electron chi connectivity index (χ3n) is 3.76. The first-order valence-corrected chi connectivity index (χ1v) is 7.97. The van der Waals surface area contributed by atoms with Crippen molar-refractivity contribution in [3.63, 3.8) is 0 Å². The first kappa shape index (κ1) is 11.2. The average molecular weight is 256 g/mol. The number of rotatable bonds is 3. The van der Waals surface area contributed by atoms with Crippen LogP contribution in [0.5, 0.6) is 0 Å². The lowest BCUT2D eigenvalue weighted by atomic mass is 9.83. The number of hydrogen-bond donors (Lipinski definition) is 0. The zero-order chi connectivity index (χ0) is 11.9. The minimum atomic E-state index is -2.88. The van der Waals surface area contributed by atoms with E-state index in [1.54, 1.807) is 0 Å². The van der Waals surface area contributed by atoms with E-state index in [4.69, 9.17) is 4.52 Å². The number of hydrogen-bond acceptors (Lipinski definition) is 5. The minimum absolute atomic E-state index is 0.0809. The molecule has 1 unspecified atom stereocenters. The molecule has 94 valence electrons. The number of aromatic nitrogens is 2. The Labute approximate surface area is 101 Å². The van der Waals surface area contributed by atoms with Gasteiger partial charge in [-0.05, 0) is 12.3 Å². The molecule has 1 aliphatic carbocycles. The van der Waals surface area contributed by atoms with Crippen molar-refractivity contribution in [2.75, 3.05) is 11.5 Å². The van der Waals surface area contributed by atoms with E-state index in [9.17, 15) is 8.42 Å². The Hall–Kier alpha value is -0.910. The monoisotopic (exact) mass is 256 g/mol. The van der Waals surface area contributed by atoms with E-state index in [1.807, 2.05) is 0 Å². The van der Waals surface area contributed by atoms with Crippen LogP contribution in [-0.2, 0) is 16.3 Å². The third-order valence-corrected chi connectivity index (χ3v) is 5.53. The second-order valence-corrected chi connectivity index (χ2v) is 7.38. The van der Waals surface area contributed by atoms with Gasteiger partial charge in [0.25, 0.3) is 0 Å². The minimum Gasteiger partial charge on any atom is -0.339 e. The molecule has 0 N–H and O–H groups in total. The largest absolute Gasteiger partial charge is 0.339 e. The summed E-state index contributed by atoms with van der Waals surface area (Å²) < 4.78 is 27.9. The summed E-state index contributed by atoms with van der Waals surface area (Å²) in [4.78, 5) is 4.34. The molecule has 1 atom stereocenters. The Morgan fingerprint density at radius 3 is 2.71 bits per heavy atom. The SMILES string of the molecule is O=S1(=O)CCC(c2nc(CC3CCC3)no2)C1. The fourth-order valence-corrected chi connectivity index (χ4v) is 4.19. The fraction of sp³-hybridized carbons (Fsp3) is 0.818. The molecular formula is C11H16N2O3S. The van der Waals surface area contributed by atoms with E-state index in [2.05, 4.69) is 10.1 Å². The quantitative estimate of drug-likeness (QED) is 0.815. The van der Waals surface area contributed by atoms with Crippen LogP contribution in [-0.4, -0.2) is 30.1 Å². The summed E-state index contributed by atoms with van der Waals surface area (Å²) >= 11 is 0. The second kappa shape index (κ2) is 4.08. The summed E-state index contributed by atoms with van der Waals surface area (Å²) in [6, 6.07) is 0.